The highest BCUT2D eigenvalue weighted by molar-refractivity contribution is 5.89. The van der Waals surface area contributed by atoms with Gasteiger partial charge in [0.05, 0.1) is 5.56 Å². The normalized spacial score (nSPS) is 17.6. The Bertz CT molecular complexity index is 382. The maximum atomic E-state index is 11.1. The molecule has 1 aliphatic heterocycles. The zero-order chi connectivity index (χ0) is 12.1. The van der Waals surface area contributed by atoms with Crippen molar-refractivity contribution in [2.45, 2.75) is 32.2 Å². The van der Waals surface area contributed by atoms with Crippen molar-refractivity contribution in [2.75, 3.05) is 13.1 Å². The summed E-state index contributed by atoms with van der Waals surface area (Å²) in [6.07, 6.45) is 5.07. The van der Waals surface area contributed by atoms with Crippen molar-refractivity contribution in [1.29, 1.82) is 0 Å². The van der Waals surface area contributed by atoms with Gasteiger partial charge in [-0.25, -0.2) is 4.79 Å². The first kappa shape index (κ1) is 12.1. The molecule has 0 aliphatic carbocycles. The molecule has 1 heterocycles. The SMILES string of the molecule is O=C(O)c1ccccc1CN1CCCCCC1. The summed E-state index contributed by atoms with van der Waals surface area (Å²) in [4.78, 5) is 13.5. The summed E-state index contributed by atoms with van der Waals surface area (Å²) >= 11 is 0. The van der Waals surface area contributed by atoms with Gasteiger partial charge in [-0.15, -0.1) is 0 Å². The van der Waals surface area contributed by atoms with E-state index in [9.17, 15) is 4.79 Å². The maximum Gasteiger partial charge on any atom is 0.336 e. The van der Waals surface area contributed by atoms with Gasteiger partial charge in [-0.1, -0.05) is 31.0 Å². The zero-order valence-electron chi connectivity index (χ0n) is 10.1. The van der Waals surface area contributed by atoms with E-state index >= 15 is 0 Å². The molecule has 2 rings (SSSR count). The van der Waals surface area contributed by atoms with Gasteiger partial charge < -0.3 is 5.11 Å². The highest BCUT2D eigenvalue weighted by Crippen LogP contribution is 2.16. The highest BCUT2D eigenvalue weighted by Gasteiger charge is 2.14. The third-order valence-corrected chi connectivity index (χ3v) is 3.34. The van der Waals surface area contributed by atoms with Crippen LogP contribution < -0.4 is 0 Å². The molecule has 0 saturated carbocycles. The number of aromatic carboxylic acids is 1. The van der Waals surface area contributed by atoms with Gasteiger partial charge in [0.25, 0.3) is 0 Å². The van der Waals surface area contributed by atoms with Gasteiger partial charge in [-0.3, -0.25) is 4.90 Å². The Labute approximate surface area is 102 Å². The number of likely N-dealkylation sites (tertiary alicyclic amines) is 1. The van der Waals surface area contributed by atoms with Crippen LogP contribution in [0.3, 0.4) is 0 Å². The largest absolute Gasteiger partial charge is 0.478 e. The molecule has 0 bridgehead atoms. The lowest BCUT2D eigenvalue weighted by molar-refractivity contribution is 0.0694. The van der Waals surface area contributed by atoms with Crippen LogP contribution in [0.2, 0.25) is 0 Å². The average Bonchev–Trinajstić information content (AvgIpc) is 2.58. The minimum absolute atomic E-state index is 0.441. The Morgan fingerprint density at radius 3 is 2.41 bits per heavy atom. The van der Waals surface area contributed by atoms with E-state index in [1.807, 2.05) is 12.1 Å². The molecule has 3 nitrogen and oxygen atoms in total. The number of carbonyl (C=O) groups is 1. The fourth-order valence-electron chi connectivity index (χ4n) is 2.40. The number of carboxylic acid groups (broad SMARTS) is 1. The summed E-state index contributed by atoms with van der Waals surface area (Å²) in [7, 11) is 0. The Morgan fingerprint density at radius 2 is 1.76 bits per heavy atom. The van der Waals surface area contributed by atoms with Crippen LogP contribution in [0.1, 0.15) is 41.6 Å². The number of hydrogen-bond acceptors (Lipinski definition) is 2. The predicted molar refractivity (Wildman–Crippen MR) is 67.1 cm³/mol. The second-order valence-electron chi connectivity index (χ2n) is 4.65. The standard InChI is InChI=1S/C14H19NO2/c16-14(17)13-8-4-3-7-12(13)11-15-9-5-1-2-6-10-15/h3-4,7-8H,1-2,5-6,9-11H2,(H,16,17). The summed E-state index contributed by atoms with van der Waals surface area (Å²) in [6, 6.07) is 7.32. The van der Waals surface area contributed by atoms with Gasteiger partial charge in [-0.2, -0.15) is 0 Å². The van der Waals surface area contributed by atoms with Crippen LogP contribution in [0.15, 0.2) is 24.3 Å². The number of hydrogen-bond donors (Lipinski definition) is 1. The van der Waals surface area contributed by atoms with E-state index in [0.29, 0.717) is 5.56 Å². The van der Waals surface area contributed by atoms with E-state index in [4.69, 9.17) is 5.11 Å². The average molecular weight is 233 g/mol. The summed E-state index contributed by atoms with van der Waals surface area (Å²) in [5.41, 5.74) is 1.37. The molecule has 1 N–H and O–H groups in total. The van der Waals surface area contributed by atoms with Crippen molar-refractivity contribution in [3.63, 3.8) is 0 Å². The van der Waals surface area contributed by atoms with Crippen molar-refractivity contribution in [1.82, 2.24) is 4.90 Å². The lowest BCUT2D eigenvalue weighted by Gasteiger charge is -2.20. The fourth-order valence-corrected chi connectivity index (χ4v) is 2.40. The van der Waals surface area contributed by atoms with Gasteiger partial charge in [0.2, 0.25) is 0 Å². The summed E-state index contributed by atoms with van der Waals surface area (Å²) in [6.45, 7) is 2.95. The van der Waals surface area contributed by atoms with Crippen LogP contribution in [0.4, 0.5) is 0 Å². The molecule has 0 spiro atoms. The molecule has 0 aromatic heterocycles. The molecule has 92 valence electrons. The third kappa shape index (κ3) is 3.30. The Morgan fingerprint density at radius 1 is 1.12 bits per heavy atom. The first-order valence-electron chi connectivity index (χ1n) is 6.31. The van der Waals surface area contributed by atoms with Crippen LogP contribution >= 0.6 is 0 Å². The number of benzene rings is 1. The molecule has 17 heavy (non-hydrogen) atoms. The number of carboxylic acids is 1. The molecule has 1 aliphatic rings. The smallest absolute Gasteiger partial charge is 0.336 e. The van der Waals surface area contributed by atoms with E-state index in [1.165, 1.54) is 25.7 Å². The molecule has 0 amide bonds. The first-order valence-corrected chi connectivity index (χ1v) is 6.31. The summed E-state index contributed by atoms with van der Waals surface area (Å²) in [5, 5.41) is 9.13. The molecule has 0 atom stereocenters. The van der Waals surface area contributed by atoms with Crippen LogP contribution in [0.25, 0.3) is 0 Å². The van der Waals surface area contributed by atoms with Crippen molar-refractivity contribution < 1.29 is 9.90 Å². The minimum Gasteiger partial charge on any atom is -0.478 e. The third-order valence-electron chi connectivity index (χ3n) is 3.34. The molecule has 0 radical (unpaired) electrons. The van der Waals surface area contributed by atoms with Crippen molar-refractivity contribution in [3.8, 4) is 0 Å². The molecule has 1 aromatic carbocycles. The van der Waals surface area contributed by atoms with Crippen LogP contribution in [-0.4, -0.2) is 29.1 Å². The molecule has 1 fully saturated rings. The Kier molecular flexibility index (Phi) is 4.15. The Hall–Kier alpha value is -1.35. The highest BCUT2D eigenvalue weighted by atomic mass is 16.4. The Balaban J connectivity index is 2.09. The topological polar surface area (TPSA) is 40.5 Å². The predicted octanol–water partition coefficient (Wildman–Crippen LogP) is 2.76. The van der Waals surface area contributed by atoms with Crippen LogP contribution in [0.5, 0.6) is 0 Å². The second kappa shape index (κ2) is 5.82. The van der Waals surface area contributed by atoms with Gasteiger partial charge >= 0.3 is 5.97 Å². The quantitative estimate of drug-likeness (QED) is 0.872. The maximum absolute atomic E-state index is 11.1. The van der Waals surface area contributed by atoms with Crippen LogP contribution in [-0.2, 0) is 6.54 Å². The van der Waals surface area contributed by atoms with E-state index in [2.05, 4.69) is 4.90 Å². The van der Waals surface area contributed by atoms with Gasteiger partial charge in [0, 0.05) is 6.54 Å². The summed E-state index contributed by atoms with van der Waals surface area (Å²) in [5.74, 6) is -0.824. The lowest BCUT2D eigenvalue weighted by atomic mass is 10.1. The first-order chi connectivity index (χ1) is 8.27. The minimum atomic E-state index is -0.824. The van der Waals surface area contributed by atoms with E-state index in [-0.39, 0.29) is 0 Å². The number of nitrogens with zero attached hydrogens (tertiary/aromatic N) is 1. The van der Waals surface area contributed by atoms with Crippen molar-refractivity contribution in [3.05, 3.63) is 35.4 Å². The van der Waals surface area contributed by atoms with E-state index < -0.39 is 5.97 Å². The van der Waals surface area contributed by atoms with Crippen molar-refractivity contribution in [2.24, 2.45) is 0 Å². The van der Waals surface area contributed by atoms with Crippen LogP contribution in [0, 0.1) is 0 Å². The van der Waals surface area contributed by atoms with E-state index in [1.54, 1.807) is 12.1 Å². The fraction of sp³-hybridized carbons (Fsp3) is 0.500. The van der Waals surface area contributed by atoms with Gasteiger partial charge in [-0.05, 0) is 37.6 Å². The number of rotatable bonds is 3. The zero-order valence-corrected chi connectivity index (χ0v) is 10.1. The van der Waals surface area contributed by atoms with Gasteiger partial charge in [0.15, 0.2) is 0 Å². The molecular weight excluding hydrogens is 214 g/mol. The molecule has 3 heteroatoms. The van der Waals surface area contributed by atoms with Crippen molar-refractivity contribution >= 4 is 5.97 Å². The summed E-state index contributed by atoms with van der Waals surface area (Å²) < 4.78 is 0. The van der Waals surface area contributed by atoms with Gasteiger partial charge in [0.1, 0.15) is 0 Å². The molecule has 1 aromatic rings. The molecule has 1 saturated heterocycles. The van der Waals surface area contributed by atoms with E-state index in [0.717, 1.165) is 25.2 Å². The molecular formula is C14H19NO2. The molecule has 0 unspecified atom stereocenters. The lowest BCUT2D eigenvalue weighted by Crippen LogP contribution is -2.25. The second-order valence-corrected chi connectivity index (χ2v) is 4.65. The monoisotopic (exact) mass is 233 g/mol.